The first-order valence-corrected chi connectivity index (χ1v) is 35.5. The maximum Gasteiger partial charge on any atom is 0.508 e. The van der Waals surface area contributed by atoms with Crippen LogP contribution in [0, 0.1) is 35.5 Å². The Balaban J connectivity index is 2.80. The standard InChI is InChI=1S/C57H104O13Si3/c1-27-30-38(5)49-56(19,67-49)50(70-73(25,26)55(16,17)18)43(36-65-52(60)64-34-29-3)46-37(4)31-32-57(61,66-46)40(7)35-39(6)45(68-71(21,22)53(10,11)12)41(8)44(58)42(9)47(62-20)48(51(59)63-33-28-2)69-72(23,24)54(13,14)15/h27-30,35,37-38,40-43,45-50,61H,2-3,31-34,36H2,1,4-26H3/b30-27-,39-35+/t37-,38+,40+,41+,42-,43+,45+,46-,47+,48-,49-,50+,56+,57+/m1/s1. The van der Waals surface area contributed by atoms with Crippen LogP contribution in [0.4, 0.5) is 4.79 Å². The molecule has 0 saturated carbocycles. The summed E-state index contributed by atoms with van der Waals surface area (Å²) in [4.78, 5) is 42.0. The van der Waals surface area contributed by atoms with Crippen molar-refractivity contribution in [3.63, 3.8) is 0 Å². The third kappa shape index (κ3) is 16.9. The molecule has 422 valence electrons. The molecule has 2 fully saturated rings. The van der Waals surface area contributed by atoms with E-state index in [9.17, 15) is 14.7 Å². The van der Waals surface area contributed by atoms with E-state index in [1.807, 2.05) is 39.8 Å². The number of carbonyl (C=O) groups is 3. The van der Waals surface area contributed by atoms with Gasteiger partial charge in [-0.05, 0) is 93.1 Å². The topological polar surface area (TPSA) is 158 Å². The molecular weight excluding hydrogens is 977 g/mol. The van der Waals surface area contributed by atoms with Gasteiger partial charge in [0, 0.05) is 43.1 Å². The molecule has 0 spiro atoms. The second-order valence-electron chi connectivity index (χ2n) is 26.1. The molecule has 2 saturated heterocycles. The van der Waals surface area contributed by atoms with Crippen LogP contribution in [-0.4, -0.2) is 123 Å². The number of carbonyl (C=O) groups excluding carboxylic acids is 3. The number of esters is 1. The molecule has 2 heterocycles. The van der Waals surface area contributed by atoms with Gasteiger partial charge in [0.1, 0.15) is 37.3 Å². The van der Waals surface area contributed by atoms with Crippen molar-refractivity contribution >= 4 is 42.9 Å². The van der Waals surface area contributed by atoms with Gasteiger partial charge in [-0.3, -0.25) is 4.79 Å². The summed E-state index contributed by atoms with van der Waals surface area (Å²) in [7, 11) is -6.21. The maximum absolute atomic E-state index is 15.1. The molecule has 73 heavy (non-hydrogen) atoms. The van der Waals surface area contributed by atoms with Crippen molar-refractivity contribution < 1.29 is 61.2 Å². The molecule has 0 aliphatic carbocycles. The van der Waals surface area contributed by atoms with E-state index < -0.39 is 103 Å². The average Bonchev–Trinajstić information content (AvgIpc) is 3.97. The number of ether oxygens (including phenoxy) is 6. The van der Waals surface area contributed by atoms with Gasteiger partial charge in [-0.1, -0.05) is 140 Å². The molecule has 2 aliphatic heterocycles. The van der Waals surface area contributed by atoms with Gasteiger partial charge in [0.2, 0.25) is 0 Å². The lowest BCUT2D eigenvalue weighted by Crippen LogP contribution is -2.59. The Kier molecular flexibility index (Phi) is 23.7. The minimum absolute atomic E-state index is 0.0104. The Morgan fingerprint density at radius 2 is 1.26 bits per heavy atom. The van der Waals surface area contributed by atoms with E-state index in [1.165, 1.54) is 19.3 Å². The molecule has 2 rings (SSSR count). The quantitative estimate of drug-likeness (QED) is 0.0359. The van der Waals surface area contributed by atoms with Gasteiger partial charge in [-0.2, -0.15) is 0 Å². The molecule has 1 N–H and O–H groups in total. The summed E-state index contributed by atoms with van der Waals surface area (Å²) in [6.07, 6.45) is 4.92. The number of ketones is 1. The third-order valence-corrected chi connectivity index (χ3v) is 30.5. The van der Waals surface area contributed by atoms with Crippen LogP contribution >= 0.6 is 0 Å². The van der Waals surface area contributed by atoms with E-state index in [-0.39, 0.29) is 58.7 Å². The molecule has 14 atom stereocenters. The molecule has 0 amide bonds. The van der Waals surface area contributed by atoms with Gasteiger partial charge in [-0.25, -0.2) is 9.59 Å². The van der Waals surface area contributed by atoms with Gasteiger partial charge < -0.3 is 46.8 Å². The van der Waals surface area contributed by atoms with Crippen LogP contribution in [0.25, 0.3) is 0 Å². The van der Waals surface area contributed by atoms with Gasteiger partial charge in [0.15, 0.2) is 36.8 Å². The molecule has 0 radical (unpaired) electrons. The first-order chi connectivity index (χ1) is 33.1. The Morgan fingerprint density at radius 1 is 0.767 bits per heavy atom. The summed E-state index contributed by atoms with van der Waals surface area (Å²) in [5.74, 6) is -5.20. The molecule has 0 aromatic heterocycles. The first kappa shape index (κ1) is 66.9. The number of epoxide rings is 1. The predicted molar refractivity (Wildman–Crippen MR) is 301 cm³/mol. The van der Waals surface area contributed by atoms with Crippen LogP contribution in [0.15, 0.2) is 49.1 Å². The summed E-state index contributed by atoms with van der Waals surface area (Å²) < 4.78 is 58.0. The summed E-state index contributed by atoms with van der Waals surface area (Å²) in [5, 5.41) is 12.3. The van der Waals surface area contributed by atoms with Crippen molar-refractivity contribution in [2.75, 3.05) is 26.9 Å². The summed E-state index contributed by atoms with van der Waals surface area (Å²) in [5.41, 5.74) is -0.0119. The molecule has 0 unspecified atom stereocenters. The summed E-state index contributed by atoms with van der Waals surface area (Å²) in [6, 6.07) is 0. The van der Waals surface area contributed by atoms with Crippen LogP contribution in [-0.2, 0) is 51.3 Å². The minimum Gasteiger partial charge on any atom is -0.460 e. The lowest BCUT2D eigenvalue weighted by molar-refractivity contribution is -0.299. The molecule has 16 heteroatoms. The molecule has 0 bridgehead atoms. The lowest BCUT2D eigenvalue weighted by Gasteiger charge is -2.50. The Labute approximate surface area is 446 Å². The van der Waals surface area contributed by atoms with Gasteiger partial charge in [0.05, 0.1) is 24.4 Å². The van der Waals surface area contributed by atoms with Crippen LogP contribution in [0.2, 0.25) is 54.4 Å². The zero-order valence-corrected chi connectivity index (χ0v) is 53.1. The number of rotatable bonds is 27. The smallest absolute Gasteiger partial charge is 0.460 e. The van der Waals surface area contributed by atoms with E-state index >= 15 is 4.79 Å². The van der Waals surface area contributed by atoms with Crippen molar-refractivity contribution in [2.24, 2.45) is 35.5 Å². The van der Waals surface area contributed by atoms with Crippen molar-refractivity contribution in [1.82, 2.24) is 0 Å². The van der Waals surface area contributed by atoms with E-state index in [4.69, 9.17) is 41.7 Å². The normalized spacial score (nSPS) is 26.4. The van der Waals surface area contributed by atoms with Crippen molar-refractivity contribution in [2.45, 2.75) is 233 Å². The number of methoxy groups -OCH3 is 1. The zero-order valence-electron chi connectivity index (χ0n) is 50.1. The highest BCUT2D eigenvalue weighted by Gasteiger charge is 2.65. The second kappa shape index (κ2) is 25.9. The van der Waals surface area contributed by atoms with Crippen molar-refractivity contribution in [3.05, 3.63) is 49.1 Å². The van der Waals surface area contributed by atoms with E-state index in [1.54, 1.807) is 6.92 Å². The second-order valence-corrected chi connectivity index (χ2v) is 40.3. The number of hydrogen-bond acceptors (Lipinski definition) is 13. The predicted octanol–water partition coefficient (Wildman–Crippen LogP) is 13.2. The Hall–Kier alpha value is -2.26. The number of hydrogen-bond donors (Lipinski definition) is 1. The fourth-order valence-corrected chi connectivity index (χ4v) is 13.1. The Morgan fingerprint density at radius 3 is 1.74 bits per heavy atom. The highest BCUT2D eigenvalue weighted by molar-refractivity contribution is 6.75. The van der Waals surface area contributed by atoms with Gasteiger partial charge >= 0.3 is 12.1 Å². The average molecular weight is 1080 g/mol. The third-order valence-electron chi connectivity index (χ3n) is 17.2. The summed E-state index contributed by atoms with van der Waals surface area (Å²) in [6.45, 7) is 55.2. The number of allylic oxidation sites excluding steroid dienone is 1. The molecule has 2 aliphatic rings. The van der Waals surface area contributed by atoms with E-state index in [0.717, 1.165) is 5.57 Å². The highest BCUT2D eigenvalue weighted by atomic mass is 28.4. The van der Waals surface area contributed by atoms with Gasteiger partial charge in [-0.15, -0.1) is 0 Å². The SMILES string of the molecule is C=CCOC(=O)OC[C@@H]([C@@H]1O[C@](O)([C@@H](C)/C=C(\C)[C@H](O[Si](C)(C)C(C)(C)C)[C@@H](C)C(=O)[C@@H](C)[C@H](OC)[C@@H](O[Si](C)(C)C(C)(C)C)C(=O)OCC=C)CC[C@H]1C)[C@H](O[Si](C)(C)C(C)(C)C)[C@@]1(C)O[C@@H]1[C@@H](C)/C=C\C. The largest absolute Gasteiger partial charge is 0.508 e. The molecular formula is C57H104O13Si3. The maximum atomic E-state index is 15.1. The molecule has 0 aromatic rings. The fraction of sp³-hybridized carbons (Fsp3) is 0.807. The first-order valence-electron chi connectivity index (χ1n) is 26.8. The monoisotopic (exact) mass is 1080 g/mol. The van der Waals surface area contributed by atoms with Crippen molar-refractivity contribution in [1.29, 1.82) is 0 Å². The Bertz CT molecular complexity index is 1910. The number of aliphatic hydroxyl groups is 1. The van der Waals surface area contributed by atoms with Crippen molar-refractivity contribution in [3.8, 4) is 0 Å². The van der Waals surface area contributed by atoms with Crippen LogP contribution in [0.5, 0.6) is 0 Å². The van der Waals surface area contributed by atoms with Crippen LogP contribution < -0.4 is 0 Å². The number of Topliss-reactive ketones (excluding diaryl/α,β-unsaturated/α-hetero) is 1. The lowest BCUT2D eigenvalue weighted by atomic mass is 9.76. The van der Waals surface area contributed by atoms with E-state index in [0.29, 0.717) is 12.8 Å². The molecule has 13 nitrogen and oxygen atoms in total. The van der Waals surface area contributed by atoms with Gasteiger partial charge in [0.25, 0.3) is 0 Å². The molecule has 0 aromatic carbocycles. The van der Waals surface area contributed by atoms with Crippen LogP contribution in [0.1, 0.15) is 131 Å². The fourth-order valence-electron chi connectivity index (χ4n) is 9.15. The highest BCUT2D eigenvalue weighted by Crippen LogP contribution is 2.53. The minimum atomic E-state index is -2.59. The zero-order chi connectivity index (χ0) is 56.7. The summed E-state index contributed by atoms with van der Waals surface area (Å²) >= 11 is 0. The van der Waals surface area contributed by atoms with E-state index in [2.05, 4.69) is 142 Å². The van der Waals surface area contributed by atoms with Crippen LogP contribution in [0.3, 0.4) is 0 Å².